The molecular weight excluding hydrogens is 220 g/mol. The van der Waals surface area contributed by atoms with Crippen LogP contribution in [-0.2, 0) is 4.74 Å². The predicted octanol–water partition coefficient (Wildman–Crippen LogP) is 1.86. The van der Waals surface area contributed by atoms with Crippen molar-refractivity contribution in [2.45, 2.75) is 24.9 Å². The molecule has 2 rings (SSSR count). The molecule has 1 unspecified atom stereocenters. The first-order valence-corrected chi connectivity index (χ1v) is 6.71. The number of thiophene rings is 1. The highest BCUT2D eigenvalue weighted by atomic mass is 32.1. The van der Waals surface area contributed by atoms with Gasteiger partial charge in [-0.2, -0.15) is 0 Å². The summed E-state index contributed by atoms with van der Waals surface area (Å²) in [7, 11) is 1.75. The van der Waals surface area contributed by atoms with Crippen LogP contribution in [0.5, 0.6) is 0 Å². The van der Waals surface area contributed by atoms with E-state index in [1.54, 1.807) is 18.4 Å². The summed E-state index contributed by atoms with van der Waals surface area (Å²) < 4.78 is 5.14. The summed E-state index contributed by atoms with van der Waals surface area (Å²) in [5, 5.41) is 2.09. The van der Waals surface area contributed by atoms with E-state index in [-0.39, 0.29) is 6.04 Å². The van der Waals surface area contributed by atoms with Crippen LogP contribution in [0.25, 0.3) is 0 Å². The van der Waals surface area contributed by atoms with E-state index in [1.807, 2.05) is 0 Å². The van der Waals surface area contributed by atoms with E-state index in [1.165, 1.54) is 17.7 Å². The van der Waals surface area contributed by atoms with Gasteiger partial charge in [0, 0.05) is 31.1 Å². The number of nitrogens with zero attached hydrogens (tertiary/aromatic N) is 1. The Morgan fingerprint density at radius 3 is 3.00 bits per heavy atom. The van der Waals surface area contributed by atoms with Crippen LogP contribution in [0.2, 0.25) is 0 Å². The Labute approximate surface area is 101 Å². The minimum absolute atomic E-state index is 0.150. The van der Waals surface area contributed by atoms with Crippen LogP contribution in [0, 0.1) is 0 Å². The number of hydrogen-bond acceptors (Lipinski definition) is 4. The van der Waals surface area contributed by atoms with Crippen LogP contribution in [0.3, 0.4) is 0 Å². The van der Waals surface area contributed by atoms with Crippen molar-refractivity contribution in [1.29, 1.82) is 0 Å². The fourth-order valence-electron chi connectivity index (χ4n) is 1.92. The normalized spacial score (nSPS) is 17.9. The molecule has 0 bridgehead atoms. The van der Waals surface area contributed by atoms with Crippen LogP contribution in [0.4, 0.5) is 0 Å². The standard InChI is InChI=1S/C12H20N2OS/c1-15-7-6-14(10-4-5-10)9-11(13)12-3-2-8-16-12/h2-3,8,10-11H,4-7,9,13H2,1H3. The van der Waals surface area contributed by atoms with Crippen molar-refractivity contribution in [1.82, 2.24) is 4.90 Å². The van der Waals surface area contributed by atoms with Gasteiger partial charge in [0.1, 0.15) is 0 Å². The Balaban J connectivity index is 1.84. The molecule has 90 valence electrons. The van der Waals surface area contributed by atoms with Crippen molar-refractivity contribution in [3.8, 4) is 0 Å². The largest absolute Gasteiger partial charge is 0.383 e. The summed E-state index contributed by atoms with van der Waals surface area (Å²) in [4.78, 5) is 3.75. The van der Waals surface area contributed by atoms with Gasteiger partial charge in [0.2, 0.25) is 0 Å². The number of methoxy groups -OCH3 is 1. The number of hydrogen-bond donors (Lipinski definition) is 1. The highest BCUT2D eigenvalue weighted by molar-refractivity contribution is 7.10. The molecule has 1 saturated carbocycles. The molecule has 0 aromatic carbocycles. The molecule has 2 N–H and O–H groups in total. The molecule has 1 heterocycles. The minimum atomic E-state index is 0.150. The maximum Gasteiger partial charge on any atom is 0.0589 e. The molecule has 1 fully saturated rings. The van der Waals surface area contributed by atoms with Gasteiger partial charge in [-0.05, 0) is 24.3 Å². The van der Waals surface area contributed by atoms with E-state index in [0.717, 1.165) is 25.7 Å². The highest BCUT2D eigenvalue weighted by Gasteiger charge is 2.29. The highest BCUT2D eigenvalue weighted by Crippen LogP contribution is 2.28. The van der Waals surface area contributed by atoms with Gasteiger partial charge in [-0.3, -0.25) is 4.90 Å². The zero-order valence-electron chi connectivity index (χ0n) is 9.76. The minimum Gasteiger partial charge on any atom is -0.383 e. The van der Waals surface area contributed by atoms with Crippen molar-refractivity contribution < 1.29 is 4.74 Å². The van der Waals surface area contributed by atoms with Crippen LogP contribution in [0.15, 0.2) is 17.5 Å². The van der Waals surface area contributed by atoms with E-state index in [2.05, 4.69) is 22.4 Å². The van der Waals surface area contributed by atoms with Crippen molar-refractivity contribution >= 4 is 11.3 Å². The van der Waals surface area contributed by atoms with E-state index >= 15 is 0 Å². The number of rotatable bonds is 7. The molecule has 1 atom stereocenters. The molecule has 0 radical (unpaired) electrons. The second kappa shape index (κ2) is 5.77. The zero-order chi connectivity index (χ0) is 11.4. The predicted molar refractivity (Wildman–Crippen MR) is 67.7 cm³/mol. The van der Waals surface area contributed by atoms with Gasteiger partial charge in [-0.25, -0.2) is 0 Å². The number of ether oxygens (including phenoxy) is 1. The van der Waals surface area contributed by atoms with Crippen LogP contribution in [-0.4, -0.2) is 37.7 Å². The van der Waals surface area contributed by atoms with Gasteiger partial charge in [0.25, 0.3) is 0 Å². The first kappa shape index (κ1) is 12.0. The average Bonchev–Trinajstić information content (AvgIpc) is 2.98. The second-order valence-electron chi connectivity index (χ2n) is 4.34. The lowest BCUT2D eigenvalue weighted by atomic mass is 10.2. The topological polar surface area (TPSA) is 38.5 Å². The van der Waals surface area contributed by atoms with E-state index in [0.29, 0.717) is 0 Å². The summed E-state index contributed by atoms with van der Waals surface area (Å²) in [6, 6.07) is 5.09. The van der Waals surface area contributed by atoms with Gasteiger partial charge in [0.05, 0.1) is 12.6 Å². The first-order chi connectivity index (χ1) is 7.81. The van der Waals surface area contributed by atoms with Gasteiger partial charge >= 0.3 is 0 Å². The Morgan fingerprint density at radius 1 is 1.62 bits per heavy atom. The molecule has 1 aromatic heterocycles. The Hall–Kier alpha value is -0.420. The molecule has 0 amide bonds. The molecule has 0 spiro atoms. The van der Waals surface area contributed by atoms with Gasteiger partial charge in [0.15, 0.2) is 0 Å². The molecule has 4 heteroatoms. The van der Waals surface area contributed by atoms with Crippen LogP contribution >= 0.6 is 11.3 Å². The van der Waals surface area contributed by atoms with E-state index in [9.17, 15) is 0 Å². The van der Waals surface area contributed by atoms with Crippen molar-refractivity contribution in [2.24, 2.45) is 5.73 Å². The van der Waals surface area contributed by atoms with Gasteiger partial charge in [-0.1, -0.05) is 6.07 Å². The van der Waals surface area contributed by atoms with Crippen LogP contribution in [0.1, 0.15) is 23.8 Å². The summed E-state index contributed by atoms with van der Waals surface area (Å²) >= 11 is 1.75. The summed E-state index contributed by atoms with van der Waals surface area (Å²) in [6.45, 7) is 2.75. The van der Waals surface area contributed by atoms with Crippen molar-refractivity contribution in [2.75, 3.05) is 26.8 Å². The van der Waals surface area contributed by atoms with Crippen molar-refractivity contribution in [3.63, 3.8) is 0 Å². The SMILES string of the molecule is COCCN(CC(N)c1cccs1)C1CC1. The lowest BCUT2D eigenvalue weighted by Crippen LogP contribution is -2.36. The summed E-state index contributed by atoms with van der Waals surface area (Å²) in [5.41, 5.74) is 6.21. The van der Waals surface area contributed by atoms with E-state index in [4.69, 9.17) is 10.5 Å². The third-order valence-electron chi connectivity index (χ3n) is 2.99. The molecule has 0 aliphatic heterocycles. The summed E-state index contributed by atoms with van der Waals surface area (Å²) in [6.07, 6.45) is 2.64. The first-order valence-electron chi connectivity index (χ1n) is 5.83. The fourth-order valence-corrected chi connectivity index (χ4v) is 2.64. The summed E-state index contributed by atoms with van der Waals surface area (Å²) in [5.74, 6) is 0. The monoisotopic (exact) mass is 240 g/mol. The van der Waals surface area contributed by atoms with Gasteiger partial charge in [-0.15, -0.1) is 11.3 Å². The smallest absolute Gasteiger partial charge is 0.0589 e. The average molecular weight is 240 g/mol. The maximum absolute atomic E-state index is 6.21. The Kier molecular flexibility index (Phi) is 4.35. The molecule has 3 nitrogen and oxygen atoms in total. The molecule has 0 saturated heterocycles. The molecular formula is C12H20N2OS. The lowest BCUT2D eigenvalue weighted by molar-refractivity contribution is 0.139. The van der Waals surface area contributed by atoms with Crippen molar-refractivity contribution in [3.05, 3.63) is 22.4 Å². The molecule has 1 aliphatic carbocycles. The third kappa shape index (κ3) is 3.28. The third-order valence-corrected chi connectivity index (χ3v) is 3.99. The second-order valence-corrected chi connectivity index (χ2v) is 5.32. The molecule has 1 aliphatic rings. The lowest BCUT2D eigenvalue weighted by Gasteiger charge is -2.24. The Morgan fingerprint density at radius 2 is 2.44 bits per heavy atom. The zero-order valence-corrected chi connectivity index (χ0v) is 10.6. The molecule has 16 heavy (non-hydrogen) atoms. The quantitative estimate of drug-likeness (QED) is 0.790. The Bertz CT molecular complexity index is 298. The fraction of sp³-hybridized carbons (Fsp3) is 0.667. The van der Waals surface area contributed by atoms with Crippen LogP contribution < -0.4 is 5.73 Å². The molecule has 1 aromatic rings. The van der Waals surface area contributed by atoms with Gasteiger partial charge < -0.3 is 10.5 Å². The number of nitrogens with two attached hydrogens (primary N) is 1. The maximum atomic E-state index is 6.21. The van der Waals surface area contributed by atoms with E-state index < -0.39 is 0 Å².